The Morgan fingerprint density at radius 1 is 1.12 bits per heavy atom. The summed E-state index contributed by atoms with van der Waals surface area (Å²) >= 11 is 4.82. The largest absolute Gasteiger partial charge is 0.325 e. The van der Waals surface area contributed by atoms with Gasteiger partial charge in [0.25, 0.3) is 0 Å². The molecule has 0 saturated carbocycles. The topological polar surface area (TPSA) is 53.8 Å². The van der Waals surface area contributed by atoms with Crippen molar-refractivity contribution in [3.63, 3.8) is 0 Å². The number of anilines is 1. The first-order chi connectivity index (χ1) is 12.5. The number of rotatable bonds is 5. The predicted octanol–water partition coefficient (Wildman–Crippen LogP) is 5.15. The molecule has 0 aliphatic carbocycles. The van der Waals surface area contributed by atoms with E-state index in [0.29, 0.717) is 5.75 Å². The molecule has 0 spiro atoms. The summed E-state index contributed by atoms with van der Waals surface area (Å²) in [5.74, 6) is 0.234. The van der Waals surface area contributed by atoms with Gasteiger partial charge in [-0.3, -0.25) is 9.79 Å². The van der Waals surface area contributed by atoms with Crippen molar-refractivity contribution in [3.8, 4) is 0 Å². The van der Waals surface area contributed by atoms with Gasteiger partial charge in [-0.1, -0.05) is 64.9 Å². The first-order valence-corrected chi connectivity index (χ1v) is 10.2. The molecular formula is C20H20BrN3OS. The van der Waals surface area contributed by atoms with E-state index in [-0.39, 0.29) is 5.91 Å². The van der Waals surface area contributed by atoms with Gasteiger partial charge in [-0.05, 0) is 37.6 Å². The van der Waals surface area contributed by atoms with Crippen LogP contribution in [0.5, 0.6) is 0 Å². The maximum absolute atomic E-state index is 12.3. The van der Waals surface area contributed by atoms with Gasteiger partial charge in [-0.2, -0.15) is 0 Å². The molecule has 1 N–H and O–H groups in total. The summed E-state index contributed by atoms with van der Waals surface area (Å²) < 4.78 is 0.979. The average Bonchev–Trinajstić information content (AvgIpc) is 3.00. The molecule has 0 aromatic heterocycles. The SMILES string of the molecule is CC[C@@]1(C)N=C(SCC(=O)Nc2ccc(Br)cc2)C(c2ccccc2)=N1. The first kappa shape index (κ1) is 18.9. The second-order valence-corrected chi connectivity index (χ2v) is 8.04. The lowest BCUT2D eigenvalue weighted by Crippen LogP contribution is -2.17. The van der Waals surface area contributed by atoms with Crippen LogP contribution in [0.2, 0.25) is 0 Å². The normalized spacial score (nSPS) is 19.0. The van der Waals surface area contributed by atoms with E-state index in [0.717, 1.165) is 32.9 Å². The van der Waals surface area contributed by atoms with E-state index in [1.165, 1.54) is 11.8 Å². The van der Waals surface area contributed by atoms with Gasteiger partial charge in [0, 0.05) is 15.7 Å². The molecule has 1 aliphatic heterocycles. The quantitative estimate of drug-likeness (QED) is 0.714. The van der Waals surface area contributed by atoms with E-state index < -0.39 is 5.66 Å². The molecule has 26 heavy (non-hydrogen) atoms. The van der Waals surface area contributed by atoms with Crippen molar-refractivity contribution >= 4 is 50.0 Å². The zero-order chi connectivity index (χ0) is 18.6. The van der Waals surface area contributed by atoms with E-state index in [1.54, 1.807) is 0 Å². The van der Waals surface area contributed by atoms with Crippen molar-refractivity contribution in [1.82, 2.24) is 0 Å². The molecule has 0 unspecified atom stereocenters. The molecule has 3 rings (SSSR count). The molecule has 1 aliphatic rings. The maximum Gasteiger partial charge on any atom is 0.234 e. The highest BCUT2D eigenvalue weighted by Gasteiger charge is 2.31. The van der Waals surface area contributed by atoms with E-state index in [4.69, 9.17) is 9.98 Å². The standard InChI is InChI=1S/C20H20BrN3OS/c1-3-20(2)23-18(14-7-5-4-6-8-14)19(24-20)26-13-17(25)22-16-11-9-15(21)10-12-16/h4-12H,3,13H2,1-2H3,(H,22,25)/t20-/m1/s1. The minimum Gasteiger partial charge on any atom is -0.325 e. The third-order valence-corrected chi connectivity index (χ3v) is 5.58. The minimum absolute atomic E-state index is 0.0578. The van der Waals surface area contributed by atoms with Crippen LogP contribution in [0.1, 0.15) is 25.8 Å². The van der Waals surface area contributed by atoms with Crippen molar-refractivity contribution in [2.24, 2.45) is 9.98 Å². The van der Waals surface area contributed by atoms with Gasteiger partial charge in [-0.25, -0.2) is 4.99 Å². The summed E-state index contributed by atoms with van der Waals surface area (Å²) in [4.78, 5) is 21.9. The van der Waals surface area contributed by atoms with Crippen LogP contribution < -0.4 is 5.32 Å². The van der Waals surface area contributed by atoms with Crippen molar-refractivity contribution in [1.29, 1.82) is 0 Å². The van der Waals surface area contributed by atoms with Crippen LogP contribution in [0, 0.1) is 0 Å². The van der Waals surface area contributed by atoms with Gasteiger partial charge < -0.3 is 5.32 Å². The number of carbonyl (C=O) groups excluding carboxylic acids is 1. The van der Waals surface area contributed by atoms with Crippen LogP contribution in [-0.4, -0.2) is 28.1 Å². The summed E-state index contributed by atoms with van der Waals surface area (Å²) in [6.07, 6.45) is 0.818. The number of halogens is 1. The fourth-order valence-electron chi connectivity index (χ4n) is 2.49. The summed E-state index contributed by atoms with van der Waals surface area (Å²) in [6, 6.07) is 17.5. The van der Waals surface area contributed by atoms with Crippen LogP contribution >= 0.6 is 27.7 Å². The molecule has 2 aromatic carbocycles. The monoisotopic (exact) mass is 429 g/mol. The lowest BCUT2D eigenvalue weighted by Gasteiger charge is -2.13. The van der Waals surface area contributed by atoms with Gasteiger partial charge in [0.05, 0.1) is 11.5 Å². The molecule has 0 radical (unpaired) electrons. The Labute approximate surface area is 166 Å². The van der Waals surface area contributed by atoms with E-state index >= 15 is 0 Å². The van der Waals surface area contributed by atoms with Crippen LogP contribution in [-0.2, 0) is 4.79 Å². The predicted molar refractivity (Wildman–Crippen MR) is 114 cm³/mol. The number of benzene rings is 2. The number of hydrogen-bond donors (Lipinski definition) is 1. The minimum atomic E-state index is -0.449. The maximum atomic E-state index is 12.3. The van der Waals surface area contributed by atoms with E-state index in [2.05, 4.69) is 28.2 Å². The highest BCUT2D eigenvalue weighted by Crippen LogP contribution is 2.29. The molecule has 134 valence electrons. The Bertz CT molecular complexity index is 849. The highest BCUT2D eigenvalue weighted by molar-refractivity contribution is 9.10. The number of amides is 1. The van der Waals surface area contributed by atoms with Gasteiger partial charge in [0.15, 0.2) is 0 Å². The van der Waals surface area contributed by atoms with Crippen molar-refractivity contribution < 1.29 is 4.79 Å². The summed E-state index contributed by atoms with van der Waals surface area (Å²) in [6.45, 7) is 4.09. The third-order valence-electron chi connectivity index (χ3n) is 4.08. The van der Waals surface area contributed by atoms with Crippen LogP contribution in [0.3, 0.4) is 0 Å². The molecule has 0 fully saturated rings. The Morgan fingerprint density at radius 3 is 2.46 bits per heavy atom. The molecule has 2 aromatic rings. The summed E-state index contributed by atoms with van der Waals surface area (Å²) in [5.41, 5.74) is 2.23. The van der Waals surface area contributed by atoms with Gasteiger partial charge >= 0.3 is 0 Å². The highest BCUT2D eigenvalue weighted by atomic mass is 79.9. The number of nitrogens with zero attached hydrogens (tertiary/aromatic N) is 2. The zero-order valence-corrected chi connectivity index (χ0v) is 17.1. The summed E-state index contributed by atoms with van der Waals surface area (Å²) in [7, 11) is 0. The summed E-state index contributed by atoms with van der Waals surface area (Å²) in [5, 5.41) is 3.73. The van der Waals surface area contributed by atoms with Gasteiger partial charge in [0.2, 0.25) is 5.91 Å². The molecule has 6 heteroatoms. The average molecular weight is 430 g/mol. The number of aliphatic imine (C=N–C) groups is 2. The van der Waals surface area contributed by atoms with Crippen LogP contribution in [0.15, 0.2) is 69.1 Å². The molecular weight excluding hydrogens is 410 g/mol. The van der Waals surface area contributed by atoms with Crippen LogP contribution in [0.25, 0.3) is 0 Å². The molecule has 4 nitrogen and oxygen atoms in total. The second kappa shape index (κ2) is 8.18. The van der Waals surface area contributed by atoms with Crippen molar-refractivity contribution in [3.05, 3.63) is 64.6 Å². The number of thioether (sulfide) groups is 1. The van der Waals surface area contributed by atoms with Gasteiger partial charge in [0.1, 0.15) is 10.7 Å². The zero-order valence-electron chi connectivity index (χ0n) is 14.7. The molecule has 1 heterocycles. The van der Waals surface area contributed by atoms with Gasteiger partial charge in [-0.15, -0.1) is 0 Å². The fourth-order valence-corrected chi connectivity index (χ4v) is 3.66. The van der Waals surface area contributed by atoms with Crippen molar-refractivity contribution in [2.45, 2.75) is 25.9 Å². The molecule has 1 atom stereocenters. The lowest BCUT2D eigenvalue weighted by molar-refractivity contribution is -0.113. The Kier molecular flexibility index (Phi) is 5.94. The third kappa shape index (κ3) is 4.62. The Hall–Kier alpha value is -1.92. The second-order valence-electron chi connectivity index (χ2n) is 6.16. The number of nitrogens with one attached hydrogen (secondary N) is 1. The molecule has 1 amide bonds. The Balaban J connectivity index is 1.69. The van der Waals surface area contributed by atoms with Crippen molar-refractivity contribution in [2.75, 3.05) is 11.1 Å². The Morgan fingerprint density at radius 2 is 1.81 bits per heavy atom. The number of carbonyl (C=O) groups is 1. The first-order valence-electron chi connectivity index (χ1n) is 8.43. The number of hydrogen-bond acceptors (Lipinski definition) is 4. The fraction of sp³-hybridized carbons (Fsp3) is 0.250. The van der Waals surface area contributed by atoms with E-state index in [9.17, 15) is 4.79 Å². The smallest absolute Gasteiger partial charge is 0.234 e. The molecule has 0 saturated heterocycles. The van der Waals surface area contributed by atoms with E-state index in [1.807, 2.05) is 61.5 Å². The molecule has 0 bridgehead atoms. The lowest BCUT2D eigenvalue weighted by atomic mass is 10.1. The van der Waals surface area contributed by atoms with Crippen LogP contribution in [0.4, 0.5) is 5.69 Å².